The van der Waals surface area contributed by atoms with Gasteiger partial charge in [-0.3, -0.25) is 0 Å². The number of hydrogen-bond acceptors (Lipinski definition) is 3. The zero-order valence-corrected chi connectivity index (χ0v) is 9.22. The first kappa shape index (κ1) is 12.0. The summed E-state index contributed by atoms with van der Waals surface area (Å²) >= 11 is 1.46. The third-order valence-corrected chi connectivity index (χ3v) is 3.15. The highest BCUT2D eigenvalue weighted by Crippen LogP contribution is 2.20. The van der Waals surface area contributed by atoms with Crippen molar-refractivity contribution in [1.82, 2.24) is 0 Å². The Morgan fingerprint density at radius 1 is 1.60 bits per heavy atom. The van der Waals surface area contributed by atoms with Gasteiger partial charge in [0.25, 0.3) is 0 Å². The van der Waals surface area contributed by atoms with Gasteiger partial charge in [0.1, 0.15) is 5.82 Å². The Morgan fingerprint density at radius 3 is 2.93 bits per heavy atom. The highest BCUT2D eigenvalue weighted by molar-refractivity contribution is 7.99. The fourth-order valence-electron chi connectivity index (χ4n) is 1.04. The van der Waals surface area contributed by atoms with Crippen LogP contribution in [0.25, 0.3) is 0 Å². The van der Waals surface area contributed by atoms with Crippen molar-refractivity contribution in [3.8, 4) is 6.07 Å². The van der Waals surface area contributed by atoms with E-state index in [9.17, 15) is 4.39 Å². The second-order valence-electron chi connectivity index (χ2n) is 3.22. The number of thioether (sulfide) groups is 1. The molecule has 2 nitrogen and oxygen atoms in total. The van der Waals surface area contributed by atoms with E-state index in [2.05, 4.69) is 0 Å². The summed E-state index contributed by atoms with van der Waals surface area (Å²) in [4.78, 5) is 0. The van der Waals surface area contributed by atoms with Gasteiger partial charge in [-0.15, -0.1) is 0 Å². The number of aliphatic hydroxyl groups is 1. The van der Waals surface area contributed by atoms with Crippen molar-refractivity contribution in [2.45, 2.75) is 17.9 Å². The summed E-state index contributed by atoms with van der Waals surface area (Å²) in [7, 11) is 0. The van der Waals surface area contributed by atoms with Gasteiger partial charge >= 0.3 is 0 Å². The van der Waals surface area contributed by atoms with Crippen molar-refractivity contribution in [2.24, 2.45) is 0 Å². The first-order chi connectivity index (χ1) is 7.17. The molecule has 1 atom stereocenters. The minimum atomic E-state index is -0.299. The van der Waals surface area contributed by atoms with Gasteiger partial charge in [0.05, 0.1) is 18.2 Å². The van der Waals surface area contributed by atoms with E-state index < -0.39 is 0 Å². The minimum Gasteiger partial charge on any atom is -0.395 e. The number of aliphatic hydroxyl groups excluding tert-OH is 1. The second-order valence-corrected chi connectivity index (χ2v) is 4.65. The molecule has 0 aliphatic carbocycles. The molecule has 1 rings (SSSR count). The van der Waals surface area contributed by atoms with E-state index in [1.165, 1.54) is 23.9 Å². The van der Waals surface area contributed by atoms with E-state index in [1.54, 1.807) is 6.07 Å². The average molecular weight is 225 g/mol. The molecule has 0 saturated carbocycles. The van der Waals surface area contributed by atoms with Crippen LogP contribution in [-0.4, -0.2) is 17.0 Å². The summed E-state index contributed by atoms with van der Waals surface area (Å²) in [5.41, 5.74) is 0.975. The normalized spacial score (nSPS) is 12.1. The Labute approximate surface area is 92.7 Å². The summed E-state index contributed by atoms with van der Waals surface area (Å²) in [6.45, 7) is 1.95. The Balaban J connectivity index is 2.72. The highest BCUT2D eigenvalue weighted by Gasteiger charge is 2.06. The molecule has 1 aromatic rings. The monoisotopic (exact) mass is 225 g/mol. The maximum atomic E-state index is 13.3. The topological polar surface area (TPSA) is 44.0 Å². The molecule has 4 heteroatoms. The van der Waals surface area contributed by atoms with Gasteiger partial charge in [-0.25, -0.2) is 4.39 Å². The van der Waals surface area contributed by atoms with Crippen LogP contribution in [0.1, 0.15) is 18.1 Å². The molecule has 0 radical (unpaired) electrons. The summed E-state index contributed by atoms with van der Waals surface area (Å²) in [5, 5.41) is 17.6. The first-order valence-corrected chi connectivity index (χ1v) is 5.63. The lowest BCUT2D eigenvalue weighted by atomic mass is 10.1. The van der Waals surface area contributed by atoms with Crippen LogP contribution in [0.4, 0.5) is 4.39 Å². The van der Waals surface area contributed by atoms with Crippen molar-refractivity contribution in [3.05, 3.63) is 35.1 Å². The molecular weight excluding hydrogens is 213 g/mol. The van der Waals surface area contributed by atoms with E-state index in [1.807, 2.05) is 13.0 Å². The number of hydrogen-bond donors (Lipinski definition) is 1. The molecule has 0 heterocycles. The Kier molecular flexibility index (Phi) is 4.60. The van der Waals surface area contributed by atoms with Crippen LogP contribution in [0.5, 0.6) is 0 Å². The van der Waals surface area contributed by atoms with E-state index in [-0.39, 0.29) is 17.7 Å². The number of rotatable bonds is 4. The van der Waals surface area contributed by atoms with Gasteiger partial charge < -0.3 is 5.11 Å². The summed E-state index contributed by atoms with van der Waals surface area (Å²) in [6, 6.07) is 6.28. The zero-order chi connectivity index (χ0) is 11.3. The summed E-state index contributed by atoms with van der Waals surface area (Å²) in [5.74, 6) is 0.176. The zero-order valence-electron chi connectivity index (χ0n) is 8.40. The summed E-state index contributed by atoms with van der Waals surface area (Å²) < 4.78 is 13.3. The maximum absolute atomic E-state index is 13.3. The molecule has 0 amide bonds. The molecule has 80 valence electrons. The molecule has 0 aliphatic rings. The van der Waals surface area contributed by atoms with Crippen LogP contribution in [-0.2, 0) is 5.75 Å². The molecular formula is C11H12FNOS. The Hall–Kier alpha value is -1.05. The van der Waals surface area contributed by atoms with Gasteiger partial charge in [-0.05, 0) is 23.8 Å². The van der Waals surface area contributed by atoms with Crippen LogP contribution < -0.4 is 0 Å². The van der Waals surface area contributed by atoms with Gasteiger partial charge in [-0.1, -0.05) is 6.92 Å². The van der Waals surface area contributed by atoms with E-state index in [0.29, 0.717) is 16.9 Å². The third-order valence-electron chi connectivity index (χ3n) is 1.96. The van der Waals surface area contributed by atoms with Gasteiger partial charge in [0.15, 0.2) is 0 Å². The average Bonchev–Trinajstić information content (AvgIpc) is 2.27. The molecule has 1 aromatic carbocycles. The van der Waals surface area contributed by atoms with Crippen LogP contribution in [0, 0.1) is 17.1 Å². The predicted molar refractivity (Wildman–Crippen MR) is 59.0 cm³/mol. The number of halogens is 1. The second kappa shape index (κ2) is 5.74. The number of benzene rings is 1. The lowest BCUT2D eigenvalue weighted by Crippen LogP contribution is -2.03. The van der Waals surface area contributed by atoms with Crippen LogP contribution >= 0.6 is 11.8 Å². The SMILES string of the molecule is CC(CO)SCc1cc(C#N)ccc1F. The molecule has 0 aliphatic heterocycles. The van der Waals surface area contributed by atoms with Crippen molar-refractivity contribution in [1.29, 1.82) is 5.26 Å². The quantitative estimate of drug-likeness (QED) is 0.855. The lowest BCUT2D eigenvalue weighted by molar-refractivity contribution is 0.300. The summed E-state index contributed by atoms with van der Waals surface area (Å²) in [6.07, 6.45) is 0. The van der Waals surface area contributed by atoms with Gasteiger partial charge in [-0.2, -0.15) is 17.0 Å². The molecule has 0 spiro atoms. The van der Waals surface area contributed by atoms with E-state index in [4.69, 9.17) is 10.4 Å². The predicted octanol–water partition coefficient (Wildman–Crippen LogP) is 2.31. The van der Waals surface area contributed by atoms with Gasteiger partial charge in [0.2, 0.25) is 0 Å². The minimum absolute atomic E-state index is 0.0736. The maximum Gasteiger partial charge on any atom is 0.127 e. The van der Waals surface area contributed by atoms with Crippen molar-refractivity contribution < 1.29 is 9.50 Å². The van der Waals surface area contributed by atoms with Crippen molar-refractivity contribution in [3.63, 3.8) is 0 Å². The van der Waals surface area contributed by atoms with E-state index in [0.717, 1.165) is 0 Å². The standard InChI is InChI=1S/C11H12FNOS/c1-8(6-14)15-7-10-4-9(5-13)2-3-11(10)12/h2-4,8,14H,6-7H2,1H3. The molecule has 0 fully saturated rings. The fourth-order valence-corrected chi connectivity index (χ4v) is 1.83. The third kappa shape index (κ3) is 3.54. The molecule has 15 heavy (non-hydrogen) atoms. The van der Waals surface area contributed by atoms with Crippen LogP contribution in [0.15, 0.2) is 18.2 Å². The van der Waals surface area contributed by atoms with Crippen molar-refractivity contribution in [2.75, 3.05) is 6.61 Å². The number of nitriles is 1. The highest BCUT2D eigenvalue weighted by atomic mass is 32.2. The first-order valence-electron chi connectivity index (χ1n) is 4.58. The van der Waals surface area contributed by atoms with Crippen molar-refractivity contribution >= 4 is 11.8 Å². The largest absolute Gasteiger partial charge is 0.395 e. The Morgan fingerprint density at radius 2 is 2.33 bits per heavy atom. The molecule has 0 bridgehead atoms. The number of nitrogens with zero attached hydrogens (tertiary/aromatic N) is 1. The van der Waals surface area contributed by atoms with E-state index >= 15 is 0 Å². The lowest BCUT2D eigenvalue weighted by Gasteiger charge is -2.08. The molecule has 0 aromatic heterocycles. The molecule has 0 saturated heterocycles. The molecule has 1 unspecified atom stereocenters. The van der Waals surface area contributed by atoms with Gasteiger partial charge in [0, 0.05) is 11.0 Å². The Bertz CT molecular complexity index is 375. The smallest absolute Gasteiger partial charge is 0.127 e. The van der Waals surface area contributed by atoms with Crippen LogP contribution in [0.2, 0.25) is 0 Å². The fraction of sp³-hybridized carbons (Fsp3) is 0.364. The molecule has 1 N–H and O–H groups in total. The van der Waals surface area contributed by atoms with Crippen LogP contribution in [0.3, 0.4) is 0 Å².